The topological polar surface area (TPSA) is 50.4 Å². The standard InChI is InChI=1S/C16H21N3S.HI/c1-3-13-6-5-7-14(4-2)15(13)19-16(17)18-10-12-8-9-20-11-12;/h5-9,11H,3-4,10H2,1-2H3,(H3,17,18,19);1H. The molecule has 114 valence electrons. The lowest BCUT2D eigenvalue weighted by atomic mass is 10.0. The van der Waals surface area contributed by atoms with Gasteiger partial charge in [0.2, 0.25) is 0 Å². The number of anilines is 1. The normalized spacial score (nSPS) is 11.0. The number of aryl methyl sites for hydroxylation is 2. The van der Waals surface area contributed by atoms with Gasteiger partial charge in [-0.2, -0.15) is 11.3 Å². The molecule has 5 heteroatoms. The van der Waals surface area contributed by atoms with Gasteiger partial charge in [-0.3, -0.25) is 0 Å². The van der Waals surface area contributed by atoms with Crippen molar-refractivity contribution in [3.05, 3.63) is 51.7 Å². The number of guanidine groups is 1. The van der Waals surface area contributed by atoms with E-state index in [-0.39, 0.29) is 24.0 Å². The molecule has 0 amide bonds. The number of thiophene rings is 1. The first-order valence-electron chi connectivity index (χ1n) is 6.93. The number of nitrogens with one attached hydrogen (secondary N) is 1. The smallest absolute Gasteiger partial charge is 0.193 e. The van der Waals surface area contributed by atoms with Gasteiger partial charge in [0.15, 0.2) is 5.96 Å². The highest BCUT2D eigenvalue weighted by Gasteiger charge is 2.06. The van der Waals surface area contributed by atoms with Crippen molar-refractivity contribution in [1.29, 1.82) is 0 Å². The van der Waals surface area contributed by atoms with Crippen LogP contribution in [0.4, 0.5) is 5.69 Å². The zero-order chi connectivity index (χ0) is 14.4. The van der Waals surface area contributed by atoms with Gasteiger partial charge in [0, 0.05) is 5.69 Å². The van der Waals surface area contributed by atoms with E-state index in [1.54, 1.807) is 11.3 Å². The molecule has 21 heavy (non-hydrogen) atoms. The van der Waals surface area contributed by atoms with Crippen LogP contribution in [-0.4, -0.2) is 5.96 Å². The van der Waals surface area contributed by atoms with Crippen LogP contribution in [0.15, 0.2) is 40.0 Å². The van der Waals surface area contributed by atoms with Crippen molar-refractivity contribution < 1.29 is 0 Å². The first kappa shape index (κ1) is 18.0. The molecule has 2 rings (SSSR count). The van der Waals surface area contributed by atoms with Crippen molar-refractivity contribution in [3.63, 3.8) is 0 Å². The Labute approximate surface area is 147 Å². The number of hydrogen-bond donors (Lipinski definition) is 2. The van der Waals surface area contributed by atoms with Gasteiger partial charge in [0.1, 0.15) is 0 Å². The average molecular weight is 415 g/mol. The van der Waals surface area contributed by atoms with Gasteiger partial charge in [-0.25, -0.2) is 4.99 Å². The third kappa shape index (κ3) is 5.00. The number of nitrogens with two attached hydrogens (primary N) is 1. The zero-order valence-electron chi connectivity index (χ0n) is 12.4. The van der Waals surface area contributed by atoms with Crippen LogP contribution in [0.25, 0.3) is 0 Å². The van der Waals surface area contributed by atoms with Crippen LogP contribution in [0.3, 0.4) is 0 Å². The average Bonchev–Trinajstić information content (AvgIpc) is 2.98. The summed E-state index contributed by atoms with van der Waals surface area (Å²) in [4.78, 5) is 4.40. The molecule has 2 aromatic rings. The summed E-state index contributed by atoms with van der Waals surface area (Å²) in [5.74, 6) is 0.479. The maximum absolute atomic E-state index is 6.01. The van der Waals surface area contributed by atoms with Gasteiger partial charge in [-0.1, -0.05) is 32.0 Å². The SMILES string of the molecule is CCc1cccc(CC)c1NC(N)=NCc1ccsc1.I. The van der Waals surface area contributed by atoms with Crippen molar-refractivity contribution in [2.24, 2.45) is 10.7 Å². The van der Waals surface area contributed by atoms with Gasteiger partial charge >= 0.3 is 0 Å². The largest absolute Gasteiger partial charge is 0.370 e. The Morgan fingerprint density at radius 1 is 1.19 bits per heavy atom. The molecule has 3 N–H and O–H groups in total. The number of aliphatic imine (C=N–C) groups is 1. The molecular formula is C16H22IN3S. The molecule has 0 radical (unpaired) electrons. The minimum Gasteiger partial charge on any atom is -0.370 e. The van der Waals surface area contributed by atoms with E-state index in [2.05, 4.69) is 59.2 Å². The van der Waals surface area contributed by atoms with Crippen LogP contribution >= 0.6 is 35.3 Å². The van der Waals surface area contributed by atoms with Gasteiger partial charge in [0.25, 0.3) is 0 Å². The van der Waals surface area contributed by atoms with Gasteiger partial charge in [-0.05, 0) is 46.4 Å². The summed E-state index contributed by atoms with van der Waals surface area (Å²) in [7, 11) is 0. The Hall–Kier alpha value is -1.08. The summed E-state index contributed by atoms with van der Waals surface area (Å²) < 4.78 is 0. The number of para-hydroxylation sites is 1. The summed E-state index contributed by atoms with van der Waals surface area (Å²) in [6.45, 7) is 4.93. The summed E-state index contributed by atoms with van der Waals surface area (Å²) in [5, 5.41) is 7.42. The van der Waals surface area contributed by atoms with E-state index >= 15 is 0 Å². The van der Waals surface area contributed by atoms with Crippen molar-refractivity contribution in [3.8, 4) is 0 Å². The second kappa shape index (κ2) is 9.04. The van der Waals surface area contributed by atoms with Crippen molar-refractivity contribution in [2.45, 2.75) is 33.2 Å². The molecule has 0 saturated carbocycles. The molecule has 0 aliphatic heterocycles. The maximum atomic E-state index is 6.01. The monoisotopic (exact) mass is 415 g/mol. The Bertz CT molecular complexity index is 557. The fourth-order valence-electron chi connectivity index (χ4n) is 2.13. The highest BCUT2D eigenvalue weighted by molar-refractivity contribution is 14.0. The lowest BCUT2D eigenvalue weighted by molar-refractivity contribution is 1.06. The van der Waals surface area contributed by atoms with Crippen LogP contribution in [0, 0.1) is 0 Å². The van der Waals surface area contributed by atoms with Crippen molar-refractivity contribution in [2.75, 3.05) is 5.32 Å². The van der Waals surface area contributed by atoms with E-state index < -0.39 is 0 Å². The number of benzene rings is 1. The van der Waals surface area contributed by atoms with Crippen LogP contribution in [0.5, 0.6) is 0 Å². The van der Waals surface area contributed by atoms with E-state index in [1.165, 1.54) is 16.7 Å². The summed E-state index contributed by atoms with van der Waals surface area (Å²) >= 11 is 1.68. The van der Waals surface area contributed by atoms with E-state index in [1.807, 2.05) is 0 Å². The molecule has 0 atom stereocenters. The Balaban J connectivity index is 0.00000220. The third-order valence-electron chi connectivity index (χ3n) is 3.26. The second-order valence-electron chi connectivity index (χ2n) is 4.62. The van der Waals surface area contributed by atoms with E-state index in [0.29, 0.717) is 12.5 Å². The molecule has 0 bridgehead atoms. The first-order chi connectivity index (χ1) is 9.74. The predicted molar refractivity (Wildman–Crippen MR) is 104 cm³/mol. The third-order valence-corrected chi connectivity index (χ3v) is 4.00. The predicted octanol–water partition coefficient (Wildman–Crippen LogP) is 4.42. The maximum Gasteiger partial charge on any atom is 0.193 e. The quantitative estimate of drug-likeness (QED) is 0.432. The van der Waals surface area contributed by atoms with E-state index in [9.17, 15) is 0 Å². The Morgan fingerprint density at radius 2 is 1.86 bits per heavy atom. The molecule has 1 aromatic heterocycles. The van der Waals surface area contributed by atoms with Crippen LogP contribution in [-0.2, 0) is 19.4 Å². The fraction of sp³-hybridized carbons (Fsp3) is 0.312. The first-order valence-corrected chi connectivity index (χ1v) is 7.87. The molecular weight excluding hydrogens is 393 g/mol. The highest BCUT2D eigenvalue weighted by Crippen LogP contribution is 2.22. The van der Waals surface area contributed by atoms with Crippen molar-refractivity contribution in [1.82, 2.24) is 0 Å². The van der Waals surface area contributed by atoms with Crippen LogP contribution in [0.2, 0.25) is 0 Å². The number of rotatable bonds is 5. The minimum atomic E-state index is 0. The summed E-state index contributed by atoms with van der Waals surface area (Å²) in [6, 6.07) is 8.43. The Morgan fingerprint density at radius 3 is 2.38 bits per heavy atom. The second-order valence-corrected chi connectivity index (χ2v) is 5.40. The lowest BCUT2D eigenvalue weighted by Crippen LogP contribution is -2.24. The fourth-order valence-corrected chi connectivity index (χ4v) is 2.79. The van der Waals surface area contributed by atoms with Gasteiger partial charge in [0.05, 0.1) is 6.54 Å². The Kier molecular flexibility index (Phi) is 7.74. The molecule has 0 spiro atoms. The molecule has 3 nitrogen and oxygen atoms in total. The molecule has 0 fully saturated rings. The molecule has 0 aliphatic rings. The van der Waals surface area contributed by atoms with Crippen molar-refractivity contribution >= 4 is 47.0 Å². The molecule has 1 aromatic carbocycles. The number of hydrogen-bond acceptors (Lipinski definition) is 2. The number of halogens is 1. The van der Waals surface area contributed by atoms with Gasteiger partial charge in [-0.15, -0.1) is 24.0 Å². The van der Waals surface area contributed by atoms with E-state index in [4.69, 9.17) is 5.73 Å². The molecule has 0 aliphatic carbocycles. The molecule has 1 heterocycles. The summed E-state index contributed by atoms with van der Waals surface area (Å²) in [5.41, 5.74) is 10.9. The van der Waals surface area contributed by atoms with Gasteiger partial charge < -0.3 is 11.1 Å². The minimum absolute atomic E-state index is 0. The molecule has 0 saturated heterocycles. The molecule has 0 unspecified atom stereocenters. The van der Waals surface area contributed by atoms with Crippen LogP contribution < -0.4 is 11.1 Å². The highest BCUT2D eigenvalue weighted by atomic mass is 127. The van der Waals surface area contributed by atoms with E-state index in [0.717, 1.165) is 18.5 Å². The zero-order valence-corrected chi connectivity index (χ0v) is 15.6. The summed E-state index contributed by atoms with van der Waals surface area (Å²) in [6.07, 6.45) is 1.96. The number of nitrogens with zero attached hydrogens (tertiary/aromatic N) is 1. The van der Waals surface area contributed by atoms with Crippen LogP contribution in [0.1, 0.15) is 30.5 Å². The lowest BCUT2D eigenvalue weighted by Gasteiger charge is -2.14.